The van der Waals surface area contributed by atoms with Crippen molar-refractivity contribution < 1.29 is 14.0 Å². The van der Waals surface area contributed by atoms with Crippen LogP contribution in [0.3, 0.4) is 0 Å². The Hall–Kier alpha value is -3.37. The van der Waals surface area contributed by atoms with E-state index in [0.717, 1.165) is 22.5 Å². The average molecular weight is 401 g/mol. The number of hydrogen-bond acceptors (Lipinski definition) is 6. The molecule has 2 amide bonds. The molecule has 2 fully saturated rings. The van der Waals surface area contributed by atoms with E-state index in [9.17, 15) is 14.9 Å². The number of thioether (sulfide) groups is 1. The van der Waals surface area contributed by atoms with Gasteiger partial charge in [-0.2, -0.15) is 5.26 Å². The van der Waals surface area contributed by atoms with E-state index >= 15 is 0 Å². The third kappa shape index (κ3) is 2.60. The maximum Gasteiger partial charge on any atom is 0.248 e. The summed E-state index contributed by atoms with van der Waals surface area (Å²) in [6.45, 7) is 0. The van der Waals surface area contributed by atoms with Crippen molar-refractivity contribution in [3.05, 3.63) is 66.6 Å². The highest BCUT2D eigenvalue weighted by Gasteiger charge is 2.59. The Morgan fingerprint density at radius 2 is 1.79 bits per heavy atom. The molecular weight excluding hydrogens is 386 g/mol. The first-order chi connectivity index (χ1) is 14.1. The molecule has 0 spiro atoms. The summed E-state index contributed by atoms with van der Waals surface area (Å²) in [4.78, 5) is 27.9. The van der Waals surface area contributed by atoms with Crippen LogP contribution in [-0.2, 0) is 9.59 Å². The summed E-state index contributed by atoms with van der Waals surface area (Å²) in [5.41, 5.74) is 0.506. The predicted octanol–water partition coefficient (Wildman–Crippen LogP) is 3.94. The molecule has 2 aromatic carbocycles. The van der Waals surface area contributed by atoms with Crippen LogP contribution in [0.25, 0.3) is 10.8 Å². The molecule has 5 rings (SSSR count). The highest BCUT2D eigenvalue weighted by Crippen LogP contribution is 2.50. The van der Waals surface area contributed by atoms with Gasteiger partial charge in [0, 0.05) is 0 Å². The fraction of sp³-hybridized carbons (Fsp3) is 0.182. The van der Waals surface area contributed by atoms with E-state index in [1.807, 2.05) is 36.4 Å². The van der Waals surface area contributed by atoms with Crippen LogP contribution >= 0.6 is 11.8 Å². The molecule has 1 aromatic heterocycles. The molecule has 0 bridgehead atoms. The lowest BCUT2D eigenvalue weighted by atomic mass is 9.79. The minimum Gasteiger partial charge on any atom is -0.469 e. The molecule has 0 saturated carbocycles. The standard InChI is InChI=1S/C22H15N3O3S/c23-11-15-17(16-6-3-9-28-16)18-19(29-20(15)24)22(27)25(21(18)26)14-8-7-12-4-1-2-5-13(12)10-14/h1-10,15,17-19,24H/t15-,17+,18-,19-/m0/s1. The summed E-state index contributed by atoms with van der Waals surface area (Å²) in [5.74, 6) is -2.46. The summed E-state index contributed by atoms with van der Waals surface area (Å²) in [5, 5.41) is 19.2. The van der Waals surface area contributed by atoms with E-state index in [1.54, 1.807) is 18.2 Å². The molecule has 0 aliphatic carbocycles. The molecule has 0 unspecified atom stereocenters. The van der Waals surface area contributed by atoms with Crippen LogP contribution in [0.2, 0.25) is 0 Å². The Morgan fingerprint density at radius 3 is 2.52 bits per heavy atom. The second kappa shape index (κ2) is 6.61. The maximum absolute atomic E-state index is 13.4. The van der Waals surface area contributed by atoms with Crippen LogP contribution in [0.5, 0.6) is 0 Å². The number of hydrogen-bond donors (Lipinski definition) is 1. The zero-order valence-corrected chi connectivity index (χ0v) is 15.9. The number of benzene rings is 2. The van der Waals surface area contributed by atoms with Crippen molar-refractivity contribution in [1.82, 2.24) is 0 Å². The maximum atomic E-state index is 13.4. The van der Waals surface area contributed by atoms with E-state index in [-0.39, 0.29) is 16.9 Å². The van der Waals surface area contributed by atoms with Gasteiger partial charge in [-0.1, -0.05) is 42.1 Å². The number of carbonyl (C=O) groups is 2. The van der Waals surface area contributed by atoms with Crippen LogP contribution in [0.4, 0.5) is 5.69 Å². The fourth-order valence-electron chi connectivity index (χ4n) is 4.25. The van der Waals surface area contributed by atoms with Gasteiger partial charge in [0.1, 0.15) is 16.9 Å². The fourth-order valence-corrected chi connectivity index (χ4v) is 5.50. The first-order valence-corrected chi connectivity index (χ1v) is 10.0. The lowest BCUT2D eigenvalue weighted by Crippen LogP contribution is -2.39. The molecule has 2 aliphatic rings. The molecule has 3 aromatic rings. The Morgan fingerprint density at radius 1 is 1.00 bits per heavy atom. The van der Waals surface area contributed by atoms with Gasteiger partial charge in [0.25, 0.3) is 0 Å². The van der Waals surface area contributed by atoms with Crippen molar-refractivity contribution >= 4 is 45.1 Å². The van der Waals surface area contributed by atoms with Gasteiger partial charge in [-0.3, -0.25) is 15.0 Å². The van der Waals surface area contributed by atoms with Gasteiger partial charge < -0.3 is 4.42 Å². The van der Waals surface area contributed by atoms with Gasteiger partial charge >= 0.3 is 0 Å². The Labute approximate surface area is 170 Å². The van der Waals surface area contributed by atoms with Crippen molar-refractivity contribution in [2.75, 3.05) is 4.90 Å². The molecule has 2 saturated heterocycles. The molecule has 6 nitrogen and oxygen atoms in total. The van der Waals surface area contributed by atoms with Gasteiger partial charge in [-0.15, -0.1) is 0 Å². The highest BCUT2D eigenvalue weighted by molar-refractivity contribution is 8.15. The van der Waals surface area contributed by atoms with E-state index in [2.05, 4.69) is 6.07 Å². The molecule has 0 radical (unpaired) electrons. The number of fused-ring (bicyclic) bond motifs is 2. The zero-order chi connectivity index (χ0) is 20.1. The molecule has 3 heterocycles. The number of nitrogens with zero attached hydrogens (tertiary/aromatic N) is 2. The minimum absolute atomic E-state index is 0.0941. The lowest BCUT2D eigenvalue weighted by molar-refractivity contribution is -0.122. The second-order valence-electron chi connectivity index (χ2n) is 7.12. The normalized spacial score (nSPS) is 26.6. The van der Waals surface area contributed by atoms with Gasteiger partial charge in [-0.05, 0) is 35.0 Å². The van der Waals surface area contributed by atoms with Crippen molar-refractivity contribution in [1.29, 1.82) is 10.7 Å². The van der Waals surface area contributed by atoms with E-state index in [4.69, 9.17) is 9.83 Å². The van der Waals surface area contributed by atoms with Crippen molar-refractivity contribution in [3.8, 4) is 6.07 Å². The Kier molecular flexibility index (Phi) is 4.03. The summed E-state index contributed by atoms with van der Waals surface area (Å²) < 4.78 is 5.50. The molecule has 142 valence electrons. The molecule has 29 heavy (non-hydrogen) atoms. The zero-order valence-electron chi connectivity index (χ0n) is 15.1. The number of nitrogens with one attached hydrogen (secondary N) is 1. The first kappa shape index (κ1) is 17.7. The third-order valence-electron chi connectivity index (χ3n) is 5.58. The number of carbonyl (C=O) groups excluding carboxylic acids is 2. The second-order valence-corrected chi connectivity index (χ2v) is 8.30. The van der Waals surface area contributed by atoms with E-state index < -0.39 is 23.0 Å². The first-order valence-electron chi connectivity index (χ1n) is 9.15. The van der Waals surface area contributed by atoms with Crippen molar-refractivity contribution in [3.63, 3.8) is 0 Å². The van der Waals surface area contributed by atoms with Crippen LogP contribution in [0, 0.1) is 28.6 Å². The monoisotopic (exact) mass is 401 g/mol. The number of imide groups is 1. The number of nitriles is 1. The van der Waals surface area contributed by atoms with Crippen molar-refractivity contribution in [2.45, 2.75) is 11.2 Å². The van der Waals surface area contributed by atoms with Crippen molar-refractivity contribution in [2.24, 2.45) is 11.8 Å². The summed E-state index contributed by atoms with van der Waals surface area (Å²) in [6, 6.07) is 18.7. The minimum atomic E-state index is -0.819. The third-order valence-corrected chi connectivity index (χ3v) is 6.84. The van der Waals surface area contributed by atoms with Gasteiger partial charge in [0.2, 0.25) is 11.8 Å². The summed E-state index contributed by atoms with van der Waals surface area (Å²) in [7, 11) is 0. The van der Waals surface area contributed by atoms with Gasteiger partial charge in [-0.25, -0.2) is 4.90 Å². The number of anilines is 1. The van der Waals surface area contributed by atoms with Crippen LogP contribution in [-0.4, -0.2) is 22.1 Å². The Bertz CT molecular complexity index is 1200. The quantitative estimate of drug-likeness (QED) is 0.656. The Balaban J connectivity index is 1.61. The smallest absolute Gasteiger partial charge is 0.248 e. The van der Waals surface area contributed by atoms with Gasteiger partial charge in [0.15, 0.2) is 0 Å². The number of furan rings is 1. The SMILES string of the molecule is N#C[C@@H]1C(=N)S[C@@H]2C(=O)N(c3ccc4ccccc4c3)C(=O)[C@H]2[C@H]1c1ccco1. The van der Waals surface area contributed by atoms with E-state index in [0.29, 0.717) is 11.4 Å². The lowest BCUT2D eigenvalue weighted by Gasteiger charge is -2.32. The van der Waals surface area contributed by atoms with Gasteiger partial charge in [0.05, 0.1) is 34.9 Å². The molecule has 4 atom stereocenters. The molecule has 1 N–H and O–H groups in total. The van der Waals surface area contributed by atoms with E-state index in [1.165, 1.54) is 11.2 Å². The average Bonchev–Trinajstić information content (AvgIpc) is 3.34. The summed E-state index contributed by atoms with van der Waals surface area (Å²) >= 11 is 1.01. The van der Waals surface area contributed by atoms with Crippen LogP contribution in [0.15, 0.2) is 65.3 Å². The largest absolute Gasteiger partial charge is 0.469 e. The number of rotatable bonds is 2. The molecular formula is C22H15N3O3S. The molecule has 2 aliphatic heterocycles. The molecule has 7 heteroatoms. The predicted molar refractivity (Wildman–Crippen MR) is 110 cm³/mol. The highest BCUT2D eigenvalue weighted by atomic mass is 32.2. The van der Waals surface area contributed by atoms with Crippen LogP contribution in [0.1, 0.15) is 11.7 Å². The number of amides is 2. The topological polar surface area (TPSA) is 98.2 Å². The van der Waals surface area contributed by atoms with Crippen LogP contribution < -0.4 is 4.90 Å². The summed E-state index contributed by atoms with van der Waals surface area (Å²) in [6.07, 6.45) is 1.48.